The van der Waals surface area contributed by atoms with Crippen LogP contribution in [0, 0.1) is 0 Å². The number of rotatable bonds is 6. The van der Waals surface area contributed by atoms with Crippen LogP contribution in [0.1, 0.15) is 19.4 Å². The van der Waals surface area contributed by atoms with Crippen LogP contribution >= 0.6 is 0 Å². The van der Waals surface area contributed by atoms with Gasteiger partial charge < -0.3 is 14.7 Å². The molecule has 20 heavy (non-hydrogen) atoms. The van der Waals surface area contributed by atoms with Gasteiger partial charge in [-0.15, -0.1) is 0 Å². The lowest BCUT2D eigenvalue weighted by Crippen LogP contribution is -2.35. The summed E-state index contributed by atoms with van der Waals surface area (Å²) in [7, 11) is 1.69. The van der Waals surface area contributed by atoms with Gasteiger partial charge in [-0.05, 0) is 26.0 Å². The van der Waals surface area contributed by atoms with Gasteiger partial charge in [0.15, 0.2) is 0 Å². The Kier molecular flexibility index (Phi) is 4.93. The normalized spacial score (nSPS) is 11.2. The van der Waals surface area contributed by atoms with Gasteiger partial charge in [0.05, 0.1) is 18.7 Å². The summed E-state index contributed by atoms with van der Waals surface area (Å²) < 4.78 is 5.17. The third kappa shape index (κ3) is 3.08. The van der Waals surface area contributed by atoms with Gasteiger partial charge in [0.25, 0.3) is 0 Å². The van der Waals surface area contributed by atoms with E-state index in [0.717, 1.165) is 28.8 Å². The molecule has 0 saturated heterocycles. The van der Waals surface area contributed by atoms with Crippen LogP contribution < -0.4 is 4.90 Å². The number of hydrogen-bond donors (Lipinski definition) is 1. The maximum Gasteiger partial charge on any atom is 0.135 e. The van der Waals surface area contributed by atoms with Crippen molar-refractivity contribution in [2.75, 3.05) is 25.2 Å². The number of aliphatic hydroxyl groups excluding tert-OH is 1. The van der Waals surface area contributed by atoms with Crippen LogP contribution in [0.4, 0.5) is 5.82 Å². The zero-order valence-electron chi connectivity index (χ0n) is 12.3. The minimum Gasteiger partial charge on any atom is -0.392 e. The van der Waals surface area contributed by atoms with Crippen molar-refractivity contribution in [3.05, 3.63) is 35.9 Å². The first-order valence-electron chi connectivity index (χ1n) is 6.92. The monoisotopic (exact) mass is 274 g/mol. The molecule has 2 rings (SSSR count). The summed E-state index contributed by atoms with van der Waals surface area (Å²) in [5, 5.41) is 10.7. The second-order valence-electron chi connectivity index (χ2n) is 5.10. The summed E-state index contributed by atoms with van der Waals surface area (Å²) in [5.74, 6) is 0.846. The van der Waals surface area contributed by atoms with Gasteiger partial charge in [0.1, 0.15) is 5.82 Å². The predicted molar refractivity (Wildman–Crippen MR) is 82.0 cm³/mol. The molecule has 2 aromatic rings. The summed E-state index contributed by atoms with van der Waals surface area (Å²) in [5.41, 5.74) is 1.80. The van der Waals surface area contributed by atoms with Gasteiger partial charge in [-0.1, -0.05) is 18.2 Å². The molecule has 0 aliphatic rings. The van der Waals surface area contributed by atoms with Gasteiger partial charge in [-0.25, -0.2) is 4.98 Å². The van der Waals surface area contributed by atoms with E-state index in [1.54, 1.807) is 7.11 Å². The molecule has 0 fully saturated rings. The largest absolute Gasteiger partial charge is 0.392 e. The summed E-state index contributed by atoms with van der Waals surface area (Å²) in [6.07, 6.45) is 0. The molecular weight excluding hydrogens is 252 g/mol. The smallest absolute Gasteiger partial charge is 0.135 e. The first-order valence-corrected chi connectivity index (χ1v) is 6.92. The van der Waals surface area contributed by atoms with Crippen LogP contribution in [-0.4, -0.2) is 36.4 Å². The number of pyridine rings is 1. The van der Waals surface area contributed by atoms with Crippen LogP contribution in [0.3, 0.4) is 0 Å². The zero-order valence-corrected chi connectivity index (χ0v) is 12.3. The SMILES string of the molecule is COCCN(c1nc2ccccc2cc1CO)C(C)C. The van der Waals surface area contributed by atoms with E-state index in [-0.39, 0.29) is 6.61 Å². The highest BCUT2D eigenvalue weighted by atomic mass is 16.5. The van der Waals surface area contributed by atoms with Crippen LogP contribution in [0.2, 0.25) is 0 Å². The van der Waals surface area contributed by atoms with E-state index in [1.807, 2.05) is 30.3 Å². The lowest BCUT2D eigenvalue weighted by molar-refractivity contribution is 0.203. The lowest BCUT2D eigenvalue weighted by Gasteiger charge is -2.29. The summed E-state index contributed by atoms with van der Waals surface area (Å²) in [6, 6.07) is 10.3. The standard InChI is InChI=1S/C16H22N2O2/c1-12(2)18(8-9-20-3)16-14(11-19)10-13-6-4-5-7-15(13)17-16/h4-7,10,12,19H,8-9,11H2,1-3H3. The second-order valence-corrected chi connectivity index (χ2v) is 5.10. The number of methoxy groups -OCH3 is 1. The third-order valence-electron chi connectivity index (χ3n) is 3.38. The lowest BCUT2D eigenvalue weighted by atomic mass is 10.1. The van der Waals surface area contributed by atoms with E-state index in [0.29, 0.717) is 12.6 Å². The number of benzene rings is 1. The maximum absolute atomic E-state index is 9.64. The van der Waals surface area contributed by atoms with Crippen LogP contribution in [-0.2, 0) is 11.3 Å². The van der Waals surface area contributed by atoms with Crippen molar-refractivity contribution in [1.82, 2.24) is 4.98 Å². The van der Waals surface area contributed by atoms with E-state index in [1.165, 1.54) is 0 Å². The van der Waals surface area contributed by atoms with Crippen LogP contribution in [0.15, 0.2) is 30.3 Å². The van der Waals surface area contributed by atoms with Crippen molar-refractivity contribution in [3.8, 4) is 0 Å². The number of fused-ring (bicyclic) bond motifs is 1. The summed E-state index contributed by atoms with van der Waals surface area (Å²) in [6.45, 7) is 5.62. The Hall–Kier alpha value is -1.65. The highest BCUT2D eigenvalue weighted by molar-refractivity contribution is 5.81. The number of para-hydroxylation sites is 1. The van der Waals surface area contributed by atoms with Gasteiger partial charge in [0, 0.05) is 30.6 Å². The molecule has 4 nitrogen and oxygen atoms in total. The van der Waals surface area contributed by atoms with Crippen molar-refractivity contribution in [2.24, 2.45) is 0 Å². The van der Waals surface area contributed by atoms with Gasteiger partial charge in [0.2, 0.25) is 0 Å². The zero-order chi connectivity index (χ0) is 14.5. The van der Waals surface area contributed by atoms with Crippen LogP contribution in [0.5, 0.6) is 0 Å². The number of aromatic nitrogens is 1. The fourth-order valence-corrected chi connectivity index (χ4v) is 2.31. The van der Waals surface area contributed by atoms with E-state index in [9.17, 15) is 5.11 Å². The molecule has 108 valence electrons. The Morgan fingerprint density at radius 1 is 1.30 bits per heavy atom. The molecule has 1 aromatic carbocycles. The minimum atomic E-state index is -0.0105. The number of anilines is 1. The number of nitrogens with zero attached hydrogens (tertiary/aromatic N) is 2. The second kappa shape index (κ2) is 6.68. The molecule has 0 aliphatic heterocycles. The van der Waals surface area contributed by atoms with E-state index in [4.69, 9.17) is 9.72 Å². The molecule has 1 heterocycles. The average Bonchev–Trinajstić information content (AvgIpc) is 2.46. The van der Waals surface area contributed by atoms with Gasteiger partial charge in [-0.2, -0.15) is 0 Å². The molecule has 0 aliphatic carbocycles. The highest BCUT2D eigenvalue weighted by Crippen LogP contribution is 2.25. The van der Waals surface area contributed by atoms with Crippen molar-refractivity contribution in [3.63, 3.8) is 0 Å². The Morgan fingerprint density at radius 2 is 2.05 bits per heavy atom. The Labute approximate surface area is 120 Å². The Morgan fingerprint density at radius 3 is 2.70 bits per heavy atom. The van der Waals surface area contributed by atoms with Crippen molar-refractivity contribution >= 4 is 16.7 Å². The van der Waals surface area contributed by atoms with E-state index in [2.05, 4.69) is 18.7 Å². The number of ether oxygens (including phenoxy) is 1. The van der Waals surface area contributed by atoms with Crippen LogP contribution in [0.25, 0.3) is 10.9 Å². The molecule has 0 saturated carbocycles. The molecule has 4 heteroatoms. The van der Waals surface area contributed by atoms with E-state index < -0.39 is 0 Å². The number of aliphatic hydroxyl groups is 1. The first kappa shape index (κ1) is 14.8. The van der Waals surface area contributed by atoms with Crippen molar-refractivity contribution in [1.29, 1.82) is 0 Å². The molecule has 1 N–H and O–H groups in total. The van der Waals surface area contributed by atoms with Crippen molar-refractivity contribution in [2.45, 2.75) is 26.5 Å². The average molecular weight is 274 g/mol. The Bertz CT molecular complexity index is 569. The predicted octanol–water partition coefficient (Wildman–Crippen LogP) is 2.59. The van der Waals surface area contributed by atoms with Gasteiger partial charge >= 0.3 is 0 Å². The topological polar surface area (TPSA) is 45.6 Å². The molecule has 0 spiro atoms. The third-order valence-corrected chi connectivity index (χ3v) is 3.38. The maximum atomic E-state index is 9.64. The molecule has 0 unspecified atom stereocenters. The number of hydrogen-bond acceptors (Lipinski definition) is 4. The summed E-state index contributed by atoms with van der Waals surface area (Å²) in [4.78, 5) is 6.90. The quantitative estimate of drug-likeness (QED) is 0.879. The van der Waals surface area contributed by atoms with E-state index >= 15 is 0 Å². The molecule has 0 amide bonds. The summed E-state index contributed by atoms with van der Waals surface area (Å²) >= 11 is 0. The van der Waals surface area contributed by atoms with Gasteiger partial charge in [-0.3, -0.25) is 0 Å². The molecule has 0 radical (unpaired) electrons. The molecule has 1 aromatic heterocycles. The molecule has 0 bridgehead atoms. The highest BCUT2D eigenvalue weighted by Gasteiger charge is 2.16. The fraction of sp³-hybridized carbons (Fsp3) is 0.438. The Balaban J connectivity index is 2.48. The first-order chi connectivity index (χ1) is 9.67. The van der Waals surface area contributed by atoms with Crippen molar-refractivity contribution < 1.29 is 9.84 Å². The molecule has 0 atom stereocenters. The molecular formula is C16H22N2O2. The minimum absolute atomic E-state index is 0.0105. The fourth-order valence-electron chi connectivity index (χ4n) is 2.31.